The molecule has 0 aliphatic carbocycles. The summed E-state index contributed by atoms with van der Waals surface area (Å²) in [4.78, 5) is 11.1. The highest BCUT2D eigenvalue weighted by molar-refractivity contribution is 7.91. The van der Waals surface area contributed by atoms with Crippen LogP contribution in [0.15, 0.2) is 61.7 Å². The predicted molar refractivity (Wildman–Crippen MR) is 61.6 cm³/mol. The van der Waals surface area contributed by atoms with E-state index in [0.717, 1.165) is 11.8 Å². The van der Waals surface area contributed by atoms with E-state index in [1.807, 2.05) is 6.92 Å². The summed E-state index contributed by atoms with van der Waals surface area (Å²) in [6.45, 7) is 1.85. The highest BCUT2D eigenvalue weighted by Gasteiger charge is 2.21. The Morgan fingerprint density at radius 1 is 1.06 bits per heavy atom. The Balaban J connectivity index is 2.62. The molecule has 0 saturated heterocycles. The van der Waals surface area contributed by atoms with E-state index in [1.54, 1.807) is 12.1 Å². The number of aryl methyl sites for hydroxylation is 1. The molecular formula is C12H10O4S. The van der Waals surface area contributed by atoms with Crippen LogP contribution in [0.5, 0.6) is 0 Å². The van der Waals surface area contributed by atoms with Crippen molar-refractivity contribution in [3.63, 3.8) is 0 Å². The Bertz CT molecular complexity index is 681. The standard InChI is InChI=1S/C12H10O4S/c1-9-4-6-10(7-5-9)17(14,15)11-3-2-8-16-12(11)13/h2-8H,1H3. The van der Waals surface area contributed by atoms with Crippen LogP contribution in [0, 0.1) is 6.92 Å². The molecule has 5 heteroatoms. The molecule has 0 spiro atoms. The van der Waals surface area contributed by atoms with Crippen LogP contribution < -0.4 is 5.63 Å². The van der Waals surface area contributed by atoms with Gasteiger partial charge in [0.25, 0.3) is 0 Å². The molecule has 0 fully saturated rings. The molecule has 17 heavy (non-hydrogen) atoms. The Labute approximate surface area is 98.4 Å². The highest BCUT2D eigenvalue weighted by Crippen LogP contribution is 2.17. The van der Waals surface area contributed by atoms with Gasteiger partial charge in [-0.3, -0.25) is 0 Å². The van der Waals surface area contributed by atoms with E-state index in [-0.39, 0.29) is 9.79 Å². The second-order valence-corrected chi connectivity index (χ2v) is 5.50. The molecule has 0 aliphatic heterocycles. The Morgan fingerprint density at radius 3 is 2.29 bits per heavy atom. The van der Waals surface area contributed by atoms with Gasteiger partial charge in [0.2, 0.25) is 9.84 Å². The zero-order chi connectivity index (χ0) is 12.5. The van der Waals surface area contributed by atoms with E-state index in [0.29, 0.717) is 0 Å². The number of hydrogen-bond acceptors (Lipinski definition) is 4. The average molecular weight is 250 g/mol. The van der Waals surface area contributed by atoms with Crippen molar-refractivity contribution < 1.29 is 12.8 Å². The van der Waals surface area contributed by atoms with Crippen molar-refractivity contribution >= 4 is 9.84 Å². The number of rotatable bonds is 2. The maximum atomic E-state index is 12.1. The zero-order valence-electron chi connectivity index (χ0n) is 9.08. The Kier molecular flexibility index (Phi) is 2.85. The summed E-state index contributed by atoms with van der Waals surface area (Å²) in [6.07, 6.45) is 1.15. The third kappa shape index (κ3) is 2.14. The van der Waals surface area contributed by atoms with Crippen LogP contribution in [-0.4, -0.2) is 8.42 Å². The highest BCUT2D eigenvalue weighted by atomic mass is 32.2. The largest absolute Gasteiger partial charge is 0.430 e. The normalized spacial score (nSPS) is 11.4. The molecule has 0 saturated carbocycles. The van der Waals surface area contributed by atoms with Crippen LogP contribution in [0.3, 0.4) is 0 Å². The van der Waals surface area contributed by atoms with Crippen molar-refractivity contribution in [1.82, 2.24) is 0 Å². The molecule has 1 aromatic heterocycles. The van der Waals surface area contributed by atoms with Gasteiger partial charge in [-0.05, 0) is 31.2 Å². The van der Waals surface area contributed by atoms with E-state index in [1.165, 1.54) is 24.3 Å². The molecule has 0 radical (unpaired) electrons. The molecule has 0 amide bonds. The van der Waals surface area contributed by atoms with Gasteiger partial charge in [-0.25, -0.2) is 13.2 Å². The van der Waals surface area contributed by atoms with Gasteiger partial charge in [-0.2, -0.15) is 0 Å². The van der Waals surface area contributed by atoms with Crippen molar-refractivity contribution in [2.75, 3.05) is 0 Å². The van der Waals surface area contributed by atoms with Gasteiger partial charge < -0.3 is 4.42 Å². The maximum absolute atomic E-state index is 12.1. The first kappa shape index (κ1) is 11.6. The van der Waals surface area contributed by atoms with Crippen molar-refractivity contribution in [2.24, 2.45) is 0 Å². The number of benzene rings is 1. The molecule has 0 N–H and O–H groups in total. The van der Waals surface area contributed by atoms with Gasteiger partial charge in [0.1, 0.15) is 0 Å². The summed E-state index contributed by atoms with van der Waals surface area (Å²) >= 11 is 0. The quantitative estimate of drug-likeness (QED) is 0.815. The van der Waals surface area contributed by atoms with E-state index >= 15 is 0 Å². The predicted octanol–water partition coefficient (Wildman–Crippen LogP) is 1.78. The topological polar surface area (TPSA) is 64.3 Å². The van der Waals surface area contributed by atoms with Gasteiger partial charge >= 0.3 is 5.63 Å². The first-order valence-electron chi connectivity index (χ1n) is 4.91. The fourth-order valence-corrected chi connectivity index (χ4v) is 2.67. The van der Waals surface area contributed by atoms with Crippen molar-refractivity contribution in [1.29, 1.82) is 0 Å². The minimum absolute atomic E-state index is 0.0848. The summed E-state index contributed by atoms with van der Waals surface area (Å²) < 4.78 is 28.8. The molecule has 2 rings (SSSR count). The molecule has 1 heterocycles. The number of sulfone groups is 1. The van der Waals surface area contributed by atoms with Crippen molar-refractivity contribution in [3.05, 3.63) is 58.6 Å². The molecule has 0 unspecified atom stereocenters. The molecule has 2 aromatic rings. The van der Waals surface area contributed by atoms with Crippen LogP contribution in [-0.2, 0) is 9.84 Å². The first-order valence-corrected chi connectivity index (χ1v) is 6.40. The van der Waals surface area contributed by atoms with Crippen molar-refractivity contribution in [2.45, 2.75) is 16.7 Å². The second kappa shape index (κ2) is 4.18. The third-order valence-electron chi connectivity index (χ3n) is 2.32. The molecule has 1 aromatic carbocycles. The average Bonchev–Trinajstić information content (AvgIpc) is 2.30. The summed E-state index contributed by atoms with van der Waals surface area (Å²) in [6, 6.07) is 8.91. The third-order valence-corrected chi connectivity index (χ3v) is 4.10. The van der Waals surface area contributed by atoms with Gasteiger partial charge in [-0.15, -0.1) is 0 Å². The summed E-state index contributed by atoms with van der Waals surface area (Å²) in [5.41, 5.74) is 0.0946. The number of hydrogen-bond donors (Lipinski definition) is 0. The molecule has 0 bridgehead atoms. The van der Waals surface area contributed by atoms with E-state index in [2.05, 4.69) is 4.42 Å². The SMILES string of the molecule is Cc1ccc(S(=O)(=O)c2cccoc2=O)cc1. The van der Waals surface area contributed by atoms with Gasteiger partial charge in [0.15, 0.2) is 4.90 Å². The second-order valence-electron chi connectivity index (χ2n) is 3.58. The lowest BCUT2D eigenvalue weighted by Gasteiger charge is -2.02. The Hall–Kier alpha value is -1.88. The molecular weight excluding hydrogens is 240 g/mol. The maximum Gasteiger partial charge on any atom is 0.354 e. The zero-order valence-corrected chi connectivity index (χ0v) is 9.90. The summed E-state index contributed by atoms with van der Waals surface area (Å²) in [7, 11) is -3.79. The lowest BCUT2D eigenvalue weighted by atomic mass is 10.2. The van der Waals surface area contributed by atoms with Crippen LogP contribution in [0.1, 0.15) is 5.56 Å². The molecule has 0 atom stereocenters. The lowest BCUT2D eigenvalue weighted by molar-refractivity contribution is 0.488. The van der Waals surface area contributed by atoms with Crippen molar-refractivity contribution in [3.8, 4) is 0 Å². The van der Waals surface area contributed by atoms with Gasteiger partial charge in [0, 0.05) is 0 Å². The smallest absolute Gasteiger partial charge is 0.354 e. The first-order chi connectivity index (χ1) is 8.01. The molecule has 4 nitrogen and oxygen atoms in total. The summed E-state index contributed by atoms with van der Waals surface area (Å²) in [5, 5.41) is 0. The lowest BCUT2D eigenvalue weighted by Crippen LogP contribution is -2.13. The van der Waals surface area contributed by atoms with E-state index in [4.69, 9.17) is 0 Å². The molecule has 88 valence electrons. The minimum Gasteiger partial charge on any atom is -0.430 e. The van der Waals surface area contributed by atoms with Crippen LogP contribution in [0.4, 0.5) is 0 Å². The van der Waals surface area contributed by atoms with Gasteiger partial charge in [0.05, 0.1) is 11.2 Å². The van der Waals surface area contributed by atoms with Crippen LogP contribution in [0.25, 0.3) is 0 Å². The minimum atomic E-state index is -3.79. The van der Waals surface area contributed by atoms with E-state index in [9.17, 15) is 13.2 Å². The monoisotopic (exact) mass is 250 g/mol. The van der Waals surface area contributed by atoms with Gasteiger partial charge in [-0.1, -0.05) is 17.7 Å². The van der Waals surface area contributed by atoms with E-state index < -0.39 is 15.5 Å². The molecule has 0 aliphatic rings. The Morgan fingerprint density at radius 2 is 1.71 bits per heavy atom. The van der Waals surface area contributed by atoms with Crippen LogP contribution in [0.2, 0.25) is 0 Å². The fourth-order valence-electron chi connectivity index (χ4n) is 1.40. The van der Waals surface area contributed by atoms with Crippen LogP contribution >= 0.6 is 0 Å². The summed E-state index contributed by atoms with van der Waals surface area (Å²) in [5.74, 6) is 0. The fraction of sp³-hybridized carbons (Fsp3) is 0.0833.